The lowest BCUT2D eigenvalue weighted by atomic mass is 9.63. The fourth-order valence-corrected chi connectivity index (χ4v) is 4.55. The normalized spacial score (nSPS) is 46.3. The van der Waals surface area contributed by atoms with Gasteiger partial charge < -0.3 is 0 Å². The van der Waals surface area contributed by atoms with E-state index < -0.39 is 0 Å². The van der Waals surface area contributed by atoms with E-state index in [1.54, 1.807) is 6.42 Å². The number of fused-ring (bicyclic) bond motifs is 4. The second-order valence-corrected chi connectivity index (χ2v) is 6.64. The summed E-state index contributed by atoms with van der Waals surface area (Å²) < 4.78 is 0. The van der Waals surface area contributed by atoms with Crippen molar-refractivity contribution in [3.63, 3.8) is 0 Å². The fourth-order valence-electron chi connectivity index (χ4n) is 4.55. The molecule has 3 atom stereocenters. The molecule has 14 heavy (non-hydrogen) atoms. The minimum atomic E-state index is 0.641. The first kappa shape index (κ1) is 9.21. The van der Waals surface area contributed by atoms with Crippen LogP contribution in [0.3, 0.4) is 0 Å². The SMILES string of the molecule is CC1(C)CC2CC(C1)[C@H]1CCCN1C2. The van der Waals surface area contributed by atoms with E-state index >= 15 is 0 Å². The minimum Gasteiger partial charge on any atom is -0.300 e. The Labute approximate surface area is 87.9 Å². The lowest BCUT2D eigenvalue weighted by Crippen LogP contribution is -2.50. The van der Waals surface area contributed by atoms with Crippen molar-refractivity contribution < 1.29 is 0 Å². The van der Waals surface area contributed by atoms with Crippen LogP contribution in [-0.4, -0.2) is 24.0 Å². The van der Waals surface area contributed by atoms with Crippen LogP contribution in [0.15, 0.2) is 0 Å². The van der Waals surface area contributed by atoms with Crippen molar-refractivity contribution in [1.82, 2.24) is 4.90 Å². The van der Waals surface area contributed by atoms with E-state index in [0.717, 1.165) is 17.9 Å². The van der Waals surface area contributed by atoms with E-state index in [1.807, 2.05) is 0 Å². The summed E-state index contributed by atoms with van der Waals surface area (Å²) in [5.41, 5.74) is 0.641. The van der Waals surface area contributed by atoms with Gasteiger partial charge in [0.05, 0.1) is 0 Å². The Morgan fingerprint density at radius 1 is 1.21 bits per heavy atom. The highest BCUT2D eigenvalue weighted by atomic mass is 15.2. The molecule has 2 unspecified atom stereocenters. The van der Waals surface area contributed by atoms with Gasteiger partial charge in [-0.3, -0.25) is 4.90 Å². The van der Waals surface area contributed by atoms with Gasteiger partial charge in [-0.1, -0.05) is 13.8 Å². The van der Waals surface area contributed by atoms with Crippen LogP contribution in [0.5, 0.6) is 0 Å². The Balaban J connectivity index is 1.82. The molecule has 2 bridgehead atoms. The molecule has 1 nitrogen and oxygen atoms in total. The summed E-state index contributed by atoms with van der Waals surface area (Å²) in [6.07, 6.45) is 7.48. The zero-order chi connectivity index (χ0) is 9.76. The monoisotopic (exact) mass is 193 g/mol. The molecule has 1 heteroatoms. The maximum Gasteiger partial charge on any atom is 0.0124 e. The molecule has 0 aromatic carbocycles. The van der Waals surface area contributed by atoms with Crippen molar-refractivity contribution in [3.05, 3.63) is 0 Å². The molecule has 3 rings (SSSR count). The Morgan fingerprint density at radius 2 is 2.07 bits per heavy atom. The molecule has 1 saturated carbocycles. The van der Waals surface area contributed by atoms with Crippen LogP contribution in [0, 0.1) is 17.3 Å². The Kier molecular flexibility index (Phi) is 1.96. The predicted octanol–water partition coefficient (Wildman–Crippen LogP) is 2.91. The summed E-state index contributed by atoms with van der Waals surface area (Å²) in [7, 11) is 0. The van der Waals surface area contributed by atoms with E-state index in [0.29, 0.717) is 5.41 Å². The third-order valence-electron chi connectivity index (χ3n) is 4.74. The van der Waals surface area contributed by atoms with E-state index in [1.165, 1.54) is 38.8 Å². The van der Waals surface area contributed by atoms with Crippen LogP contribution in [0.4, 0.5) is 0 Å². The van der Waals surface area contributed by atoms with Gasteiger partial charge in [-0.2, -0.15) is 0 Å². The van der Waals surface area contributed by atoms with Crippen LogP contribution >= 0.6 is 0 Å². The minimum absolute atomic E-state index is 0.641. The van der Waals surface area contributed by atoms with Crippen molar-refractivity contribution in [2.45, 2.75) is 52.0 Å². The zero-order valence-corrected chi connectivity index (χ0v) is 9.63. The van der Waals surface area contributed by atoms with Gasteiger partial charge in [0, 0.05) is 12.6 Å². The summed E-state index contributed by atoms with van der Waals surface area (Å²) in [6.45, 7) is 7.79. The van der Waals surface area contributed by atoms with Gasteiger partial charge in [-0.05, 0) is 55.9 Å². The van der Waals surface area contributed by atoms with Crippen molar-refractivity contribution >= 4 is 0 Å². The topological polar surface area (TPSA) is 3.24 Å². The first-order valence-corrected chi connectivity index (χ1v) is 6.38. The van der Waals surface area contributed by atoms with Gasteiger partial charge >= 0.3 is 0 Å². The van der Waals surface area contributed by atoms with Crippen LogP contribution < -0.4 is 0 Å². The molecule has 1 aliphatic carbocycles. The highest BCUT2D eigenvalue weighted by Crippen LogP contribution is 2.49. The first-order valence-electron chi connectivity index (χ1n) is 6.38. The number of piperidine rings is 1. The number of hydrogen-bond acceptors (Lipinski definition) is 1. The van der Waals surface area contributed by atoms with Crippen LogP contribution in [0.1, 0.15) is 46.0 Å². The van der Waals surface area contributed by atoms with Gasteiger partial charge in [0.25, 0.3) is 0 Å². The Hall–Kier alpha value is -0.0400. The molecule has 0 aromatic heterocycles. The Bertz CT molecular complexity index is 233. The summed E-state index contributed by atoms with van der Waals surface area (Å²) in [6, 6.07) is 0.978. The second-order valence-electron chi connectivity index (χ2n) is 6.64. The van der Waals surface area contributed by atoms with E-state index in [2.05, 4.69) is 18.7 Å². The molecule has 0 amide bonds. The molecule has 0 spiro atoms. The molecule has 0 N–H and O–H groups in total. The molecule has 0 aromatic rings. The van der Waals surface area contributed by atoms with E-state index in [-0.39, 0.29) is 0 Å². The Morgan fingerprint density at radius 3 is 2.93 bits per heavy atom. The zero-order valence-electron chi connectivity index (χ0n) is 9.63. The summed E-state index contributed by atoms with van der Waals surface area (Å²) >= 11 is 0. The van der Waals surface area contributed by atoms with E-state index in [4.69, 9.17) is 0 Å². The summed E-state index contributed by atoms with van der Waals surface area (Å²) in [5, 5.41) is 0. The third-order valence-corrected chi connectivity index (χ3v) is 4.74. The lowest BCUT2D eigenvalue weighted by molar-refractivity contribution is -0.000126. The molecular formula is C13H23N. The first-order chi connectivity index (χ1) is 6.64. The average molecular weight is 193 g/mol. The lowest BCUT2D eigenvalue weighted by Gasteiger charge is -2.50. The second kappa shape index (κ2) is 2.98. The summed E-state index contributed by atoms with van der Waals surface area (Å²) in [4.78, 5) is 2.80. The number of rotatable bonds is 0. The molecule has 3 fully saturated rings. The maximum absolute atomic E-state index is 2.80. The largest absolute Gasteiger partial charge is 0.300 e. The van der Waals surface area contributed by atoms with Gasteiger partial charge in [-0.25, -0.2) is 0 Å². The predicted molar refractivity (Wildman–Crippen MR) is 59.2 cm³/mol. The number of nitrogens with zero attached hydrogens (tertiary/aromatic N) is 1. The molecule has 80 valence electrons. The quantitative estimate of drug-likeness (QED) is 0.572. The van der Waals surface area contributed by atoms with Crippen molar-refractivity contribution in [1.29, 1.82) is 0 Å². The van der Waals surface area contributed by atoms with Gasteiger partial charge in [0.1, 0.15) is 0 Å². The standard InChI is InChI=1S/C13H23N/c1-13(2)7-10-6-11(8-13)12-4-3-5-14(12)9-10/h10-12H,3-9H2,1-2H3/t10?,11?,12-/m1/s1. The molecule has 2 aliphatic heterocycles. The molecule has 2 heterocycles. The molecule has 0 radical (unpaired) electrons. The van der Waals surface area contributed by atoms with Crippen LogP contribution in [-0.2, 0) is 0 Å². The van der Waals surface area contributed by atoms with Gasteiger partial charge in [0.2, 0.25) is 0 Å². The highest BCUT2D eigenvalue weighted by Gasteiger charge is 2.45. The molecule has 2 saturated heterocycles. The smallest absolute Gasteiger partial charge is 0.0124 e. The van der Waals surface area contributed by atoms with Crippen molar-refractivity contribution in [3.8, 4) is 0 Å². The van der Waals surface area contributed by atoms with Gasteiger partial charge in [0.15, 0.2) is 0 Å². The molecule has 3 aliphatic rings. The fraction of sp³-hybridized carbons (Fsp3) is 1.00. The summed E-state index contributed by atoms with van der Waals surface area (Å²) in [5.74, 6) is 2.07. The number of hydrogen-bond donors (Lipinski definition) is 0. The van der Waals surface area contributed by atoms with Crippen LogP contribution in [0.2, 0.25) is 0 Å². The highest BCUT2D eigenvalue weighted by molar-refractivity contribution is 4.98. The van der Waals surface area contributed by atoms with Gasteiger partial charge in [-0.15, -0.1) is 0 Å². The van der Waals surface area contributed by atoms with Crippen molar-refractivity contribution in [2.75, 3.05) is 13.1 Å². The average Bonchev–Trinajstić information content (AvgIpc) is 2.48. The molecular weight excluding hydrogens is 170 g/mol. The van der Waals surface area contributed by atoms with E-state index in [9.17, 15) is 0 Å². The van der Waals surface area contributed by atoms with Crippen molar-refractivity contribution in [2.24, 2.45) is 17.3 Å². The maximum atomic E-state index is 2.80. The van der Waals surface area contributed by atoms with Crippen LogP contribution in [0.25, 0.3) is 0 Å². The third kappa shape index (κ3) is 1.41.